The molecule has 0 aliphatic rings. The van der Waals surface area contributed by atoms with Crippen molar-refractivity contribution in [1.29, 1.82) is 0 Å². The lowest BCUT2D eigenvalue weighted by Crippen LogP contribution is -2.10. The van der Waals surface area contributed by atoms with E-state index in [9.17, 15) is 4.79 Å². The maximum atomic E-state index is 11.9. The number of esters is 1. The van der Waals surface area contributed by atoms with Gasteiger partial charge in [0.25, 0.3) is 0 Å². The molecular formula is C22H25NO2. The van der Waals surface area contributed by atoms with Crippen LogP contribution < -0.4 is 0 Å². The topological polar surface area (TPSA) is 31.2 Å². The van der Waals surface area contributed by atoms with Crippen LogP contribution in [0.15, 0.2) is 54.6 Å². The van der Waals surface area contributed by atoms with Crippen molar-refractivity contribution in [2.24, 2.45) is 0 Å². The van der Waals surface area contributed by atoms with Crippen molar-refractivity contribution in [2.75, 3.05) is 7.11 Å². The van der Waals surface area contributed by atoms with Crippen LogP contribution in [0.1, 0.15) is 60.8 Å². The Kier molecular flexibility index (Phi) is 4.93. The summed E-state index contributed by atoms with van der Waals surface area (Å²) in [6.45, 7) is 6.63. The Balaban J connectivity index is 2.19. The first kappa shape index (κ1) is 17.3. The molecule has 130 valence electrons. The first-order valence-corrected chi connectivity index (χ1v) is 8.85. The zero-order valence-electron chi connectivity index (χ0n) is 15.3. The summed E-state index contributed by atoms with van der Waals surface area (Å²) in [7, 11) is 1.42. The smallest absolute Gasteiger partial charge is 0.337 e. The van der Waals surface area contributed by atoms with Crippen molar-refractivity contribution in [1.82, 2.24) is 4.57 Å². The first-order valence-electron chi connectivity index (χ1n) is 8.85. The Bertz CT molecular complexity index is 878. The maximum Gasteiger partial charge on any atom is 0.337 e. The van der Waals surface area contributed by atoms with Crippen LogP contribution >= 0.6 is 0 Å². The second kappa shape index (κ2) is 7.14. The molecule has 0 radical (unpaired) electrons. The lowest BCUT2D eigenvalue weighted by molar-refractivity contribution is 0.0601. The van der Waals surface area contributed by atoms with Gasteiger partial charge in [0.05, 0.1) is 12.7 Å². The van der Waals surface area contributed by atoms with Gasteiger partial charge in [-0.05, 0) is 50.1 Å². The number of carbonyl (C=O) groups excluding carboxylic acids is 1. The second-order valence-corrected chi connectivity index (χ2v) is 6.67. The minimum absolute atomic E-state index is 0.296. The van der Waals surface area contributed by atoms with Crippen molar-refractivity contribution >= 4 is 16.9 Å². The summed E-state index contributed by atoms with van der Waals surface area (Å²) < 4.78 is 7.25. The summed E-state index contributed by atoms with van der Waals surface area (Å²) in [4.78, 5) is 11.9. The van der Waals surface area contributed by atoms with Crippen LogP contribution in [-0.4, -0.2) is 17.6 Å². The predicted molar refractivity (Wildman–Crippen MR) is 102 cm³/mol. The number of carbonyl (C=O) groups is 1. The standard InChI is InChI=1S/C22H25NO2/c1-5-19(16-9-7-6-8-10-16)21-14-18-13-17(22(24)25-4)11-12-20(18)23(21)15(2)3/h6-15,19H,5H2,1-4H3. The van der Waals surface area contributed by atoms with Crippen LogP contribution in [0.5, 0.6) is 0 Å². The van der Waals surface area contributed by atoms with Crippen LogP contribution in [0.4, 0.5) is 0 Å². The Morgan fingerprint density at radius 1 is 1.08 bits per heavy atom. The van der Waals surface area contributed by atoms with Crippen molar-refractivity contribution in [3.63, 3.8) is 0 Å². The summed E-state index contributed by atoms with van der Waals surface area (Å²) in [6.07, 6.45) is 1.02. The molecule has 0 saturated carbocycles. The van der Waals surface area contributed by atoms with Gasteiger partial charge in [-0.1, -0.05) is 37.3 Å². The van der Waals surface area contributed by atoms with E-state index in [1.165, 1.54) is 18.4 Å². The zero-order chi connectivity index (χ0) is 18.0. The number of aromatic nitrogens is 1. The Morgan fingerprint density at radius 2 is 1.80 bits per heavy atom. The number of nitrogens with zero attached hydrogens (tertiary/aromatic N) is 1. The fraction of sp³-hybridized carbons (Fsp3) is 0.318. The molecule has 3 rings (SSSR count). The number of ether oxygens (including phenoxy) is 1. The van der Waals surface area contributed by atoms with E-state index >= 15 is 0 Å². The van der Waals surface area contributed by atoms with Gasteiger partial charge in [-0.25, -0.2) is 4.79 Å². The van der Waals surface area contributed by atoms with E-state index < -0.39 is 0 Å². The number of fused-ring (bicyclic) bond motifs is 1. The van der Waals surface area contributed by atoms with Crippen molar-refractivity contribution in [3.8, 4) is 0 Å². The molecule has 0 fully saturated rings. The number of rotatable bonds is 5. The normalized spacial score (nSPS) is 12.5. The molecule has 2 aromatic carbocycles. The highest BCUT2D eigenvalue weighted by Crippen LogP contribution is 2.35. The Hall–Kier alpha value is -2.55. The molecule has 1 atom stereocenters. The molecule has 1 heterocycles. The van der Waals surface area contributed by atoms with Gasteiger partial charge in [0.15, 0.2) is 0 Å². The average Bonchev–Trinajstić information content (AvgIpc) is 3.01. The average molecular weight is 335 g/mol. The molecule has 3 heteroatoms. The van der Waals surface area contributed by atoms with Gasteiger partial charge in [-0.3, -0.25) is 0 Å². The van der Waals surface area contributed by atoms with Gasteiger partial charge >= 0.3 is 5.97 Å². The molecule has 3 nitrogen and oxygen atoms in total. The quantitative estimate of drug-likeness (QED) is 0.572. The Morgan fingerprint density at radius 3 is 2.40 bits per heavy atom. The highest BCUT2D eigenvalue weighted by atomic mass is 16.5. The lowest BCUT2D eigenvalue weighted by Gasteiger charge is -2.22. The van der Waals surface area contributed by atoms with E-state index in [2.05, 4.69) is 61.7 Å². The fourth-order valence-corrected chi connectivity index (χ4v) is 3.65. The van der Waals surface area contributed by atoms with Crippen LogP contribution in [0.3, 0.4) is 0 Å². The molecule has 3 aromatic rings. The van der Waals surface area contributed by atoms with Crippen LogP contribution in [0, 0.1) is 0 Å². The van der Waals surface area contributed by atoms with Gasteiger partial charge in [0, 0.05) is 28.6 Å². The van der Waals surface area contributed by atoms with E-state index in [4.69, 9.17) is 4.74 Å². The largest absolute Gasteiger partial charge is 0.465 e. The van der Waals surface area contributed by atoms with Crippen molar-refractivity contribution < 1.29 is 9.53 Å². The van der Waals surface area contributed by atoms with E-state index in [1.54, 1.807) is 0 Å². The number of hydrogen-bond acceptors (Lipinski definition) is 2. The third-order valence-electron chi connectivity index (χ3n) is 4.77. The number of benzene rings is 2. The summed E-state index contributed by atoms with van der Waals surface area (Å²) in [5.74, 6) is 0.0356. The van der Waals surface area contributed by atoms with Crippen LogP contribution in [0.25, 0.3) is 10.9 Å². The van der Waals surface area contributed by atoms with E-state index in [1.807, 2.05) is 18.2 Å². The molecule has 0 spiro atoms. The highest BCUT2D eigenvalue weighted by molar-refractivity contribution is 5.95. The van der Waals surface area contributed by atoms with Gasteiger partial charge in [0.2, 0.25) is 0 Å². The first-order chi connectivity index (χ1) is 12.1. The van der Waals surface area contributed by atoms with Crippen LogP contribution in [-0.2, 0) is 4.74 Å². The SMILES string of the molecule is CCC(c1ccccc1)c1cc2cc(C(=O)OC)ccc2n1C(C)C. The third-order valence-corrected chi connectivity index (χ3v) is 4.77. The van der Waals surface area contributed by atoms with Gasteiger partial charge in [-0.2, -0.15) is 0 Å². The number of methoxy groups -OCH3 is 1. The van der Waals surface area contributed by atoms with E-state index in [0.717, 1.165) is 17.3 Å². The van der Waals surface area contributed by atoms with Crippen LogP contribution in [0.2, 0.25) is 0 Å². The highest BCUT2D eigenvalue weighted by Gasteiger charge is 2.21. The molecule has 0 bridgehead atoms. The molecule has 0 aliphatic heterocycles. The predicted octanol–water partition coefficient (Wildman–Crippen LogP) is 5.55. The molecule has 0 amide bonds. The van der Waals surface area contributed by atoms with Crippen molar-refractivity contribution in [3.05, 3.63) is 71.4 Å². The molecule has 0 N–H and O–H groups in total. The van der Waals surface area contributed by atoms with E-state index in [-0.39, 0.29) is 5.97 Å². The molecule has 0 aliphatic carbocycles. The fourth-order valence-electron chi connectivity index (χ4n) is 3.65. The third kappa shape index (κ3) is 3.19. The Labute approximate surface area is 149 Å². The van der Waals surface area contributed by atoms with Crippen molar-refractivity contribution in [2.45, 2.75) is 39.2 Å². The molecule has 1 aromatic heterocycles. The monoisotopic (exact) mass is 335 g/mol. The van der Waals surface area contributed by atoms with Gasteiger partial charge in [0.1, 0.15) is 0 Å². The molecular weight excluding hydrogens is 310 g/mol. The summed E-state index contributed by atoms with van der Waals surface area (Å²) in [6, 6.07) is 19.0. The minimum Gasteiger partial charge on any atom is -0.465 e. The van der Waals surface area contributed by atoms with E-state index in [0.29, 0.717) is 17.5 Å². The van der Waals surface area contributed by atoms with Gasteiger partial charge in [-0.15, -0.1) is 0 Å². The lowest BCUT2D eigenvalue weighted by atomic mass is 9.93. The summed E-state index contributed by atoms with van der Waals surface area (Å²) >= 11 is 0. The second-order valence-electron chi connectivity index (χ2n) is 6.67. The number of hydrogen-bond donors (Lipinski definition) is 0. The molecule has 0 saturated heterocycles. The summed E-state index contributed by atoms with van der Waals surface area (Å²) in [5, 5.41) is 1.08. The molecule has 25 heavy (non-hydrogen) atoms. The molecule has 1 unspecified atom stereocenters. The summed E-state index contributed by atoms with van der Waals surface area (Å²) in [5.41, 5.74) is 4.37. The zero-order valence-corrected chi connectivity index (χ0v) is 15.3. The van der Waals surface area contributed by atoms with Gasteiger partial charge < -0.3 is 9.30 Å². The maximum absolute atomic E-state index is 11.9. The minimum atomic E-state index is -0.296.